The highest BCUT2D eigenvalue weighted by Gasteiger charge is 2.37. The van der Waals surface area contributed by atoms with Crippen molar-refractivity contribution >= 4 is 51.6 Å². The Hall–Kier alpha value is -3.37. The van der Waals surface area contributed by atoms with Crippen molar-refractivity contribution in [1.29, 1.82) is 0 Å². The van der Waals surface area contributed by atoms with Gasteiger partial charge < -0.3 is 14.9 Å². The zero-order valence-corrected chi connectivity index (χ0v) is 21.9. The third kappa shape index (κ3) is 4.27. The van der Waals surface area contributed by atoms with Crippen LogP contribution >= 0.6 is 35.0 Å². The van der Waals surface area contributed by atoms with Crippen LogP contribution in [0.2, 0.25) is 10.0 Å². The number of nitrogens with two attached hydrogens (primary N) is 1. The van der Waals surface area contributed by atoms with Gasteiger partial charge in [-0.3, -0.25) is 10.1 Å². The first-order valence-electron chi connectivity index (χ1n) is 11.6. The molecule has 0 fully saturated rings. The first-order chi connectivity index (χ1) is 17.9. The molecular formula is C26H21Cl2N6O2S+. The van der Waals surface area contributed by atoms with Crippen molar-refractivity contribution in [2.45, 2.75) is 22.0 Å². The van der Waals surface area contributed by atoms with Gasteiger partial charge in [0, 0.05) is 45.2 Å². The monoisotopic (exact) mass is 551 g/mol. The predicted octanol–water partition coefficient (Wildman–Crippen LogP) is 5.46. The Morgan fingerprint density at radius 3 is 2.76 bits per heavy atom. The molecule has 186 valence electrons. The van der Waals surface area contributed by atoms with Crippen LogP contribution in [0.4, 0.5) is 5.69 Å². The standard InChI is InChI=1S/C26H20Cl2N6O2S/c1-33-13-30-32-26(33)37-22-9-6-14(10-21(22)34(35)36)24-25-23(17-4-2-3-5-20(17)31-25)18(12-29-24)16-8-7-15(27)11-19(16)28/h2-11,13,18,24,29,31H,12H2,1H3/p+1/t18-,24+/m1/s1. The smallest absolute Gasteiger partial charge is 0.283 e. The van der Waals surface area contributed by atoms with Crippen molar-refractivity contribution in [3.8, 4) is 0 Å². The van der Waals surface area contributed by atoms with Crippen LogP contribution in [0.15, 0.2) is 77.0 Å². The fraction of sp³-hybridized carbons (Fsp3) is 0.154. The molecular weight excluding hydrogens is 531 g/mol. The van der Waals surface area contributed by atoms with Crippen molar-refractivity contribution in [2.24, 2.45) is 7.05 Å². The molecule has 0 unspecified atom stereocenters. The maximum Gasteiger partial charge on any atom is 0.283 e. The Kier molecular flexibility index (Phi) is 6.16. The molecule has 0 saturated heterocycles. The quantitative estimate of drug-likeness (QED) is 0.223. The zero-order valence-electron chi connectivity index (χ0n) is 19.6. The first kappa shape index (κ1) is 24.0. The molecule has 8 nitrogen and oxygen atoms in total. The van der Waals surface area contributed by atoms with Gasteiger partial charge in [-0.2, -0.15) is 0 Å². The minimum Gasteiger partial charge on any atom is -0.353 e. The maximum absolute atomic E-state index is 12.1. The number of halogens is 2. The van der Waals surface area contributed by atoms with Gasteiger partial charge in [-0.15, -0.1) is 10.2 Å². The Labute approximate surface area is 226 Å². The lowest BCUT2D eigenvalue weighted by molar-refractivity contribution is -0.692. The molecule has 5 aromatic rings. The third-order valence-corrected chi connectivity index (χ3v) is 8.47. The van der Waals surface area contributed by atoms with E-state index in [-0.39, 0.29) is 22.6 Å². The number of para-hydroxylation sites is 1. The molecule has 0 radical (unpaired) electrons. The average Bonchev–Trinajstić information content (AvgIpc) is 3.47. The van der Waals surface area contributed by atoms with E-state index < -0.39 is 0 Å². The number of nitrogens with zero attached hydrogens (tertiary/aromatic N) is 4. The maximum atomic E-state index is 12.1. The van der Waals surface area contributed by atoms with Crippen molar-refractivity contribution in [3.05, 3.63) is 110 Å². The van der Waals surface area contributed by atoms with Gasteiger partial charge in [-0.25, -0.2) is 0 Å². The minimum atomic E-state index is -0.340. The van der Waals surface area contributed by atoms with Crippen LogP contribution in [0.1, 0.15) is 34.3 Å². The van der Waals surface area contributed by atoms with Gasteiger partial charge in [0.2, 0.25) is 0 Å². The SMILES string of the molecule is Cn1cnnc1Sc1ccc([C@@H]2[NH2+]C[C@H](c3ccc(Cl)cc3Cl)c3c2[nH]c2ccccc32)cc1[N+](=O)[O-]. The number of benzene rings is 3. The van der Waals surface area contributed by atoms with Crippen LogP contribution in [0, 0.1) is 10.1 Å². The second-order valence-electron chi connectivity index (χ2n) is 8.98. The van der Waals surface area contributed by atoms with Crippen LogP contribution < -0.4 is 5.32 Å². The number of nitro groups is 1. The molecule has 37 heavy (non-hydrogen) atoms. The van der Waals surface area contributed by atoms with E-state index in [2.05, 4.69) is 26.6 Å². The van der Waals surface area contributed by atoms with E-state index in [4.69, 9.17) is 23.2 Å². The van der Waals surface area contributed by atoms with Crippen molar-refractivity contribution < 1.29 is 10.2 Å². The number of hydrogen-bond donors (Lipinski definition) is 2. The van der Waals surface area contributed by atoms with Crippen LogP contribution in [0.5, 0.6) is 0 Å². The van der Waals surface area contributed by atoms with Crippen LogP contribution in [-0.4, -0.2) is 31.2 Å². The highest BCUT2D eigenvalue weighted by atomic mass is 35.5. The summed E-state index contributed by atoms with van der Waals surface area (Å²) in [5.41, 5.74) is 5.10. The van der Waals surface area contributed by atoms with E-state index in [1.807, 2.05) is 36.4 Å². The second kappa shape index (κ2) is 9.50. The summed E-state index contributed by atoms with van der Waals surface area (Å²) in [6.45, 7) is 0.726. The lowest BCUT2D eigenvalue weighted by atomic mass is 9.83. The number of quaternary nitrogens is 1. The summed E-state index contributed by atoms with van der Waals surface area (Å²) < 4.78 is 1.73. The second-order valence-corrected chi connectivity index (χ2v) is 10.8. The Balaban J connectivity index is 1.46. The molecule has 0 amide bonds. The van der Waals surface area contributed by atoms with E-state index >= 15 is 0 Å². The summed E-state index contributed by atoms with van der Waals surface area (Å²) in [6.07, 6.45) is 1.57. The molecule has 3 N–H and O–H groups in total. The van der Waals surface area contributed by atoms with Gasteiger partial charge >= 0.3 is 0 Å². The molecule has 2 atom stereocenters. The molecule has 0 spiro atoms. The fourth-order valence-electron chi connectivity index (χ4n) is 5.10. The number of nitrogens with one attached hydrogen (secondary N) is 1. The number of H-pyrrole nitrogens is 1. The topological polar surface area (TPSA) is 106 Å². The molecule has 1 aliphatic heterocycles. The number of fused-ring (bicyclic) bond motifs is 3. The summed E-state index contributed by atoms with van der Waals surface area (Å²) in [6, 6.07) is 19.1. The first-order valence-corrected chi connectivity index (χ1v) is 13.2. The average molecular weight is 552 g/mol. The van der Waals surface area contributed by atoms with Crippen LogP contribution in [0.25, 0.3) is 10.9 Å². The predicted molar refractivity (Wildman–Crippen MR) is 143 cm³/mol. The molecule has 11 heteroatoms. The number of aromatic amines is 1. The van der Waals surface area contributed by atoms with Crippen LogP contribution in [0.3, 0.4) is 0 Å². The van der Waals surface area contributed by atoms with Crippen LogP contribution in [-0.2, 0) is 7.05 Å². The molecule has 0 saturated carbocycles. The summed E-state index contributed by atoms with van der Waals surface area (Å²) in [5.74, 6) is 0.0351. The molecule has 1 aliphatic rings. The fourth-order valence-corrected chi connectivity index (χ4v) is 6.49. The summed E-state index contributed by atoms with van der Waals surface area (Å²) in [4.78, 5) is 15.8. The van der Waals surface area contributed by atoms with Gasteiger partial charge in [0.15, 0.2) is 11.2 Å². The Morgan fingerprint density at radius 1 is 1.16 bits per heavy atom. The van der Waals surface area contributed by atoms with Crippen molar-refractivity contribution in [3.63, 3.8) is 0 Å². The van der Waals surface area contributed by atoms with E-state index in [1.165, 1.54) is 11.8 Å². The highest BCUT2D eigenvalue weighted by molar-refractivity contribution is 7.99. The van der Waals surface area contributed by atoms with E-state index in [9.17, 15) is 10.1 Å². The highest BCUT2D eigenvalue weighted by Crippen LogP contribution is 2.42. The van der Waals surface area contributed by atoms with E-state index in [0.29, 0.717) is 20.1 Å². The molecule has 6 rings (SSSR count). The van der Waals surface area contributed by atoms with Crippen molar-refractivity contribution in [1.82, 2.24) is 19.7 Å². The van der Waals surface area contributed by atoms with E-state index in [0.717, 1.165) is 39.8 Å². The Bertz CT molecular complexity index is 1670. The molecule has 0 bridgehead atoms. The molecule has 0 aliphatic carbocycles. The van der Waals surface area contributed by atoms with Gasteiger partial charge in [-0.1, -0.05) is 53.5 Å². The molecule has 3 heterocycles. The molecule has 2 aromatic heterocycles. The lowest BCUT2D eigenvalue weighted by Crippen LogP contribution is -2.88. The summed E-state index contributed by atoms with van der Waals surface area (Å²) in [7, 11) is 1.81. The van der Waals surface area contributed by atoms with Crippen molar-refractivity contribution in [2.75, 3.05) is 6.54 Å². The normalized spacial score (nSPS) is 17.2. The lowest BCUT2D eigenvalue weighted by Gasteiger charge is -2.29. The number of nitro benzene ring substituents is 1. The number of hydrogen-bond acceptors (Lipinski definition) is 5. The molecule has 3 aromatic carbocycles. The summed E-state index contributed by atoms with van der Waals surface area (Å²) >= 11 is 14.0. The van der Waals surface area contributed by atoms with Gasteiger partial charge in [0.05, 0.1) is 28.0 Å². The summed E-state index contributed by atoms with van der Waals surface area (Å²) in [5, 5.41) is 25.1. The van der Waals surface area contributed by atoms with Gasteiger partial charge in [-0.05, 0) is 41.6 Å². The number of aryl methyl sites for hydroxylation is 1. The number of aromatic nitrogens is 4. The number of rotatable bonds is 5. The largest absolute Gasteiger partial charge is 0.353 e. The minimum absolute atomic E-state index is 0.0351. The third-order valence-electron chi connectivity index (χ3n) is 6.79. The van der Waals surface area contributed by atoms with Gasteiger partial charge in [0.25, 0.3) is 5.69 Å². The Morgan fingerprint density at radius 2 is 2.00 bits per heavy atom. The zero-order chi connectivity index (χ0) is 25.7. The van der Waals surface area contributed by atoms with Gasteiger partial charge in [0.1, 0.15) is 6.33 Å². The van der Waals surface area contributed by atoms with E-state index in [1.54, 1.807) is 36.1 Å².